The van der Waals surface area contributed by atoms with Gasteiger partial charge in [-0.15, -0.1) is 0 Å². The number of carbonyl (C=O) groups is 6. The van der Waals surface area contributed by atoms with E-state index in [-0.39, 0.29) is 73.4 Å². The Kier molecular flexibility index (Phi) is 18.3. The van der Waals surface area contributed by atoms with Crippen molar-refractivity contribution in [2.45, 2.75) is 78.8 Å². The number of rotatable bonds is 21. The van der Waals surface area contributed by atoms with Gasteiger partial charge >= 0.3 is 0 Å². The first kappa shape index (κ1) is 49.1. The Hall–Kier alpha value is -5.06. The summed E-state index contributed by atoms with van der Waals surface area (Å²) in [5.74, 6) is -5.79. The van der Waals surface area contributed by atoms with Crippen LogP contribution in [-0.2, 0) is 16.0 Å². The molecule has 20 nitrogen and oxygen atoms in total. The molecular formula is C38H56N6O14. The first-order valence-corrected chi connectivity index (χ1v) is 18.4. The van der Waals surface area contributed by atoms with E-state index in [4.69, 9.17) is 11.5 Å². The second-order valence-corrected chi connectivity index (χ2v) is 13.8. The largest absolute Gasteiger partial charge is 0.394 e. The van der Waals surface area contributed by atoms with Crippen molar-refractivity contribution < 1.29 is 69.6 Å². The lowest BCUT2D eigenvalue weighted by atomic mass is 9.87. The summed E-state index contributed by atoms with van der Waals surface area (Å²) in [6.45, 7) is 3.45. The fraction of sp³-hybridized carbons (Fsp3) is 0.526. The summed E-state index contributed by atoms with van der Waals surface area (Å²) >= 11 is 0. The number of aliphatic hydroxyl groups excluding tert-OH is 8. The maximum atomic E-state index is 14.5. The van der Waals surface area contributed by atoms with Crippen LogP contribution in [-0.4, -0.2) is 153 Å². The minimum atomic E-state index is -1.63. The Labute approximate surface area is 335 Å². The van der Waals surface area contributed by atoms with Crippen molar-refractivity contribution in [3.63, 3.8) is 0 Å². The summed E-state index contributed by atoms with van der Waals surface area (Å²) in [4.78, 5) is 83.5. The van der Waals surface area contributed by atoms with Gasteiger partial charge in [-0.25, -0.2) is 0 Å². The highest BCUT2D eigenvalue weighted by Gasteiger charge is 2.35. The Morgan fingerprint density at radius 2 is 0.879 bits per heavy atom. The van der Waals surface area contributed by atoms with Crippen LogP contribution < -0.4 is 31.9 Å². The Bertz CT molecular complexity index is 1890. The summed E-state index contributed by atoms with van der Waals surface area (Å²) in [6, 6.07) is 0. The van der Waals surface area contributed by atoms with Crippen LogP contribution in [0.1, 0.15) is 88.2 Å². The second kappa shape index (κ2) is 21.6. The lowest BCUT2D eigenvalue weighted by molar-refractivity contribution is -0.127. The quantitative estimate of drug-likeness (QED) is 0.0547. The second-order valence-electron chi connectivity index (χ2n) is 13.8. The van der Waals surface area contributed by atoms with E-state index in [1.54, 1.807) is 6.92 Å². The third-order valence-corrected chi connectivity index (χ3v) is 9.65. The third-order valence-electron chi connectivity index (χ3n) is 9.65. The highest BCUT2D eigenvalue weighted by Crippen LogP contribution is 2.37. The molecule has 0 heterocycles. The van der Waals surface area contributed by atoms with Gasteiger partial charge in [-0.2, -0.15) is 0 Å². The number of nitrogens with zero attached hydrogens (tertiary/aromatic N) is 2. The zero-order chi connectivity index (χ0) is 44.3. The van der Waals surface area contributed by atoms with Crippen molar-refractivity contribution in [1.82, 2.24) is 10.6 Å². The van der Waals surface area contributed by atoms with E-state index < -0.39 is 119 Å². The molecule has 0 aliphatic rings. The number of hydrogen-bond acceptors (Lipinski definition) is 14. The molecule has 6 amide bonds. The molecule has 58 heavy (non-hydrogen) atoms. The van der Waals surface area contributed by atoms with E-state index in [2.05, 4.69) is 10.6 Å². The molecule has 322 valence electrons. The topological polar surface area (TPSA) is 347 Å². The van der Waals surface area contributed by atoms with Gasteiger partial charge in [0.1, 0.15) is 6.42 Å². The molecule has 0 aromatic heterocycles. The first-order valence-electron chi connectivity index (χ1n) is 18.4. The highest BCUT2D eigenvalue weighted by atomic mass is 16.3. The molecule has 0 radical (unpaired) electrons. The van der Waals surface area contributed by atoms with Crippen LogP contribution in [0.15, 0.2) is 0 Å². The van der Waals surface area contributed by atoms with Gasteiger partial charge < -0.3 is 72.8 Å². The van der Waals surface area contributed by atoms with Crippen molar-refractivity contribution in [2.75, 3.05) is 62.4 Å². The maximum absolute atomic E-state index is 14.5. The van der Waals surface area contributed by atoms with Gasteiger partial charge in [0.05, 0.1) is 75.3 Å². The summed E-state index contributed by atoms with van der Waals surface area (Å²) < 4.78 is 0. The van der Waals surface area contributed by atoms with Crippen molar-refractivity contribution in [2.24, 2.45) is 11.5 Å². The number of hydrogen-bond donors (Lipinski definition) is 12. The molecule has 4 atom stereocenters. The number of primary amides is 2. The molecular weight excluding hydrogens is 764 g/mol. The molecule has 4 unspecified atom stereocenters. The lowest BCUT2D eigenvalue weighted by Gasteiger charge is -2.33. The smallest absolute Gasteiger partial charge is 0.252 e. The Balaban J connectivity index is 2.95. The summed E-state index contributed by atoms with van der Waals surface area (Å²) in [5, 5.41) is 84.1. The highest BCUT2D eigenvalue weighted by molar-refractivity contribution is 6.14. The zero-order valence-electron chi connectivity index (χ0n) is 33.5. The van der Waals surface area contributed by atoms with E-state index in [1.807, 2.05) is 0 Å². The lowest BCUT2D eigenvalue weighted by Crippen LogP contribution is -2.46. The van der Waals surface area contributed by atoms with Gasteiger partial charge in [0.25, 0.3) is 11.8 Å². The summed E-state index contributed by atoms with van der Waals surface area (Å²) in [6.07, 6.45) is -7.00. The number of carbonyl (C=O) groups excluding carboxylic acids is 6. The minimum absolute atomic E-state index is 0.0148. The molecule has 0 aliphatic carbocycles. The SMILES string of the molecule is CCc1c(C(=O)NCC(O)CO)c(C)c(C(N)=O)c(C)c1N(CC(O)CO)C(=O)CC(=O)N(CC(O)CO)c1c(C)c(C(N)=O)c(C)c(C(=O)NCC(O)CO)c1C. The number of aliphatic hydroxyl groups is 8. The average molecular weight is 821 g/mol. The molecule has 14 N–H and O–H groups in total. The van der Waals surface area contributed by atoms with Gasteiger partial charge in [-0.3, -0.25) is 28.8 Å². The fourth-order valence-electron chi connectivity index (χ4n) is 7.02. The molecule has 0 aliphatic heterocycles. The molecule has 0 saturated carbocycles. The summed E-state index contributed by atoms with van der Waals surface area (Å²) in [5.41, 5.74) is 11.1. The first-order chi connectivity index (χ1) is 27.1. The predicted octanol–water partition coefficient (Wildman–Crippen LogP) is -3.38. The standard InChI is InChI=1S/C38H56N6O14/c1-7-26-32(38(58)42-10-23(50)14-46)18(3)30(36(40)56)20(5)34(26)44(12-25(52)16-48)28(54)8-27(53)43(11-24(51)15-47)33-19(4)29(35(39)55)17(2)31(21(33)6)37(57)41-9-22(49)13-45/h22-25,45-52H,7-16H2,1-6H3,(H2,39,55)(H2,40,56)(H,41,57)(H,42,58). The van der Waals surface area contributed by atoms with Crippen molar-refractivity contribution >= 4 is 46.8 Å². The van der Waals surface area contributed by atoms with Crippen molar-refractivity contribution in [3.05, 3.63) is 55.6 Å². The molecule has 2 aromatic carbocycles. The maximum Gasteiger partial charge on any atom is 0.252 e. The number of anilines is 2. The van der Waals surface area contributed by atoms with Crippen LogP contribution in [0.3, 0.4) is 0 Å². The molecule has 0 saturated heterocycles. The van der Waals surface area contributed by atoms with E-state index in [0.717, 1.165) is 9.80 Å². The average Bonchev–Trinajstić information content (AvgIpc) is 3.16. The molecule has 2 aromatic rings. The van der Waals surface area contributed by atoms with Crippen LogP contribution in [0.4, 0.5) is 11.4 Å². The van der Waals surface area contributed by atoms with E-state index in [0.29, 0.717) is 0 Å². The molecule has 0 fully saturated rings. The zero-order valence-corrected chi connectivity index (χ0v) is 33.5. The van der Waals surface area contributed by atoms with Crippen LogP contribution >= 0.6 is 0 Å². The van der Waals surface area contributed by atoms with E-state index in [9.17, 15) is 69.6 Å². The number of nitrogens with one attached hydrogen (secondary N) is 2. The van der Waals surface area contributed by atoms with Gasteiger partial charge in [0, 0.05) is 35.3 Å². The van der Waals surface area contributed by atoms with Gasteiger partial charge in [0.15, 0.2) is 0 Å². The van der Waals surface area contributed by atoms with Crippen molar-refractivity contribution in [3.8, 4) is 0 Å². The van der Waals surface area contributed by atoms with E-state index in [1.165, 1.54) is 34.6 Å². The van der Waals surface area contributed by atoms with Crippen molar-refractivity contribution in [1.29, 1.82) is 0 Å². The van der Waals surface area contributed by atoms with Crippen LogP contribution in [0.2, 0.25) is 0 Å². The van der Waals surface area contributed by atoms with E-state index >= 15 is 0 Å². The minimum Gasteiger partial charge on any atom is -0.394 e. The Morgan fingerprint density at radius 3 is 1.26 bits per heavy atom. The molecule has 20 heteroatoms. The molecule has 0 spiro atoms. The van der Waals surface area contributed by atoms with Gasteiger partial charge in [-0.1, -0.05) is 6.92 Å². The number of nitrogens with two attached hydrogens (primary N) is 2. The van der Waals surface area contributed by atoms with Gasteiger partial charge in [-0.05, 0) is 74.4 Å². The van der Waals surface area contributed by atoms with Crippen LogP contribution in [0.5, 0.6) is 0 Å². The predicted molar refractivity (Wildman–Crippen MR) is 209 cm³/mol. The van der Waals surface area contributed by atoms with Crippen LogP contribution in [0.25, 0.3) is 0 Å². The number of benzene rings is 2. The Morgan fingerprint density at radius 1 is 0.534 bits per heavy atom. The third kappa shape index (κ3) is 11.1. The number of amides is 6. The normalized spacial score (nSPS) is 13.3. The monoisotopic (exact) mass is 820 g/mol. The molecule has 2 rings (SSSR count). The summed E-state index contributed by atoms with van der Waals surface area (Å²) in [7, 11) is 0. The van der Waals surface area contributed by atoms with Crippen LogP contribution in [0, 0.1) is 34.6 Å². The molecule has 0 bridgehead atoms. The van der Waals surface area contributed by atoms with Gasteiger partial charge in [0.2, 0.25) is 23.6 Å². The fourth-order valence-corrected chi connectivity index (χ4v) is 7.02.